The van der Waals surface area contributed by atoms with Crippen molar-refractivity contribution in [3.05, 3.63) is 0 Å². The molecule has 14 nitrogen and oxygen atoms in total. The van der Waals surface area contributed by atoms with E-state index in [-0.39, 0.29) is 44.7 Å². The SMILES string of the molecule is CSCCC(NC(=O)C1CCCN1C(=O)C(CCC(N)=O)NC(=O)C(N)CCCN=C(N)N)C(=O)O. The van der Waals surface area contributed by atoms with E-state index in [4.69, 9.17) is 22.9 Å². The van der Waals surface area contributed by atoms with Gasteiger partial charge in [0, 0.05) is 19.5 Å². The van der Waals surface area contributed by atoms with Gasteiger partial charge in [-0.1, -0.05) is 0 Å². The van der Waals surface area contributed by atoms with E-state index in [0.717, 1.165) is 0 Å². The second-order valence-corrected chi connectivity index (χ2v) is 9.48. The Morgan fingerprint density at radius 1 is 1.08 bits per heavy atom. The Kier molecular flexibility index (Phi) is 13.6. The third kappa shape index (κ3) is 10.7. The number of amides is 4. The molecule has 4 unspecified atom stereocenters. The smallest absolute Gasteiger partial charge is 0.326 e. The molecule has 1 aliphatic rings. The Labute approximate surface area is 214 Å². The standard InChI is InChI=1S/C21H38N8O6S/c1-36-11-8-14(20(34)35)28-18(32)15-5-3-10-29(15)19(33)13(6-7-16(23)30)27-17(31)12(22)4-2-9-26-21(24)25/h12-15H,2-11,22H2,1H3,(H2,23,30)(H,27,31)(H,28,32)(H,34,35)(H4,24,25,26). The van der Waals surface area contributed by atoms with Gasteiger partial charge in [0.25, 0.3) is 0 Å². The molecular weight excluding hydrogens is 492 g/mol. The van der Waals surface area contributed by atoms with E-state index in [1.807, 2.05) is 6.26 Å². The van der Waals surface area contributed by atoms with Crippen LogP contribution in [0, 0.1) is 0 Å². The highest BCUT2D eigenvalue weighted by Crippen LogP contribution is 2.20. The lowest BCUT2D eigenvalue weighted by molar-refractivity contribution is -0.145. The summed E-state index contributed by atoms with van der Waals surface area (Å²) in [5.74, 6) is -3.10. The summed E-state index contributed by atoms with van der Waals surface area (Å²) in [5.41, 5.74) is 21.7. The molecule has 1 heterocycles. The highest BCUT2D eigenvalue weighted by Gasteiger charge is 2.39. The first-order valence-corrected chi connectivity index (χ1v) is 13.1. The van der Waals surface area contributed by atoms with Gasteiger partial charge in [0.2, 0.25) is 23.6 Å². The van der Waals surface area contributed by atoms with Gasteiger partial charge < -0.3 is 43.6 Å². The van der Waals surface area contributed by atoms with Crippen LogP contribution in [0.1, 0.15) is 44.9 Å². The normalized spacial score (nSPS) is 17.5. The zero-order valence-corrected chi connectivity index (χ0v) is 21.3. The fourth-order valence-electron chi connectivity index (χ4n) is 3.74. The number of likely N-dealkylation sites (tertiary alicyclic amines) is 1. The van der Waals surface area contributed by atoms with Crippen molar-refractivity contribution in [2.75, 3.05) is 25.1 Å². The quantitative estimate of drug-likeness (QED) is 0.0624. The van der Waals surface area contributed by atoms with Crippen molar-refractivity contribution >= 4 is 47.3 Å². The van der Waals surface area contributed by atoms with Gasteiger partial charge in [-0.25, -0.2) is 4.79 Å². The molecule has 0 aliphatic carbocycles. The number of nitrogens with two attached hydrogens (primary N) is 4. The molecule has 4 atom stereocenters. The van der Waals surface area contributed by atoms with E-state index in [1.54, 1.807) is 0 Å². The number of hydrogen-bond acceptors (Lipinski definition) is 8. The number of guanidine groups is 1. The topological polar surface area (TPSA) is 249 Å². The zero-order chi connectivity index (χ0) is 27.3. The van der Waals surface area contributed by atoms with E-state index in [1.165, 1.54) is 16.7 Å². The number of carboxylic acid groups (broad SMARTS) is 1. The van der Waals surface area contributed by atoms with Crippen LogP contribution in [0.5, 0.6) is 0 Å². The summed E-state index contributed by atoms with van der Waals surface area (Å²) < 4.78 is 0. The number of aliphatic carboxylic acids is 1. The molecule has 0 bridgehead atoms. The summed E-state index contributed by atoms with van der Waals surface area (Å²) in [5, 5.41) is 14.5. The summed E-state index contributed by atoms with van der Waals surface area (Å²) in [6.07, 6.45) is 3.37. The van der Waals surface area contributed by atoms with Crippen molar-refractivity contribution in [2.24, 2.45) is 27.9 Å². The van der Waals surface area contributed by atoms with Crippen LogP contribution in [0.3, 0.4) is 0 Å². The molecule has 36 heavy (non-hydrogen) atoms. The van der Waals surface area contributed by atoms with E-state index < -0.39 is 53.8 Å². The van der Waals surface area contributed by atoms with Gasteiger partial charge in [0.1, 0.15) is 18.1 Å². The van der Waals surface area contributed by atoms with Crippen molar-refractivity contribution < 1.29 is 29.1 Å². The van der Waals surface area contributed by atoms with Crippen molar-refractivity contribution in [1.82, 2.24) is 15.5 Å². The van der Waals surface area contributed by atoms with E-state index >= 15 is 0 Å². The van der Waals surface area contributed by atoms with Gasteiger partial charge in [-0.05, 0) is 50.5 Å². The summed E-state index contributed by atoms with van der Waals surface area (Å²) in [6.45, 7) is 0.527. The van der Waals surface area contributed by atoms with Gasteiger partial charge >= 0.3 is 5.97 Å². The highest BCUT2D eigenvalue weighted by atomic mass is 32.2. The Hall–Kier alpha value is -3.07. The minimum atomic E-state index is -1.16. The molecule has 0 aromatic heterocycles. The predicted molar refractivity (Wildman–Crippen MR) is 136 cm³/mol. The minimum absolute atomic E-state index is 0.0725. The van der Waals surface area contributed by atoms with Crippen LogP contribution in [0.2, 0.25) is 0 Å². The molecule has 0 aromatic rings. The lowest BCUT2D eigenvalue weighted by atomic mass is 10.1. The number of carboxylic acids is 1. The summed E-state index contributed by atoms with van der Waals surface area (Å²) in [6, 6.07) is -4.05. The van der Waals surface area contributed by atoms with Crippen LogP contribution in [0.4, 0.5) is 0 Å². The number of carbonyl (C=O) groups is 5. The lowest BCUT2D eigenvalue weighted by Gasteiger charge is -2.30. The van der Waals surface area contributed by atoms with E-state index in [2.05, 4.69) is 15.6 Å². The number of nitrogens with one attached hydrogen (secondary N) is 2. The number of rotatable bonds is 16. The summed E-state index contributed by atoms with van der Waals surface area (Å²) in [4.78, 5) is 66.8. The zero-order valence-electron chi connectivity index (χ0n) is 20.5. The average molecular weight is 531 g/mol. The van der Waals surface area contributed by atoms with Crippen LogP contribution in [0.25, 0.3) is 0 Å². The third-order valence-corrected chi connectivity index (χ3v) is 6.31. The number of primary amides is 1. The van der Waals surface area contributed by atoms with Gasteiger partial charge in [0.15, 0.2) is 5.96 Å². The average Bonchev–Trinajstić information content (AvgIpc) is 3.30. The first kappa shape index (κ1) is 31.0. The second-order valence-electron chi connectivity index (χ2n) is 8.49. The Morgan fingerprint density at radius 2 is 1.78 bits per heavy atom. The number of hydrogen-bond donors (Lipinski definition) is 7. The molecule has 1 aliphatic heterocycles. The van der Waals surface area contributed by atoms with Crippen LogP contribution < -0.4 is 33.6 Å². The molecule has 0 aromatic carbocycles. The van der Waals surface area contributed by atoms with Crippen molar-refractivity contribution in [3.63, 3.8) is 0 Å². The minimum Gasteiger partial charge on any atom is -0.480 e. The third-order valence-electron chi connectivity index (χ3n) is 5.66. The van der Waals surface area contributed by atoms with Gasteiger partial charge in [-0.3, -0.25) is 24.2 Å². The Balaban J connectivity index is 2.89. The fourth-order valence-corrected chi connectivity index (χ4v) is 4.21. The van der Waals surface area contributed by atoms with Crippen LogP contribution in [-0.2, 0) is 24.0 Å². The van der Waals surface area contributed by atoms with Gasteiger partial charge in [-0.15, -0.1) is 0 Å². The number of carbonyl (C=O) groups excluding carboxylic acids is 4. The first-order valence-electron chi connectivity index (χ1n) is 11.7. The molecule has 4 amide bonds. The lowest BCUT2D eigenvalue weighted by Crippen LogP contribution is -2.57. The summed E-state index contributed by atoms with van der Waals surface area (Å²) in [7, 11) is 0. The molecule has 204 valence electrons. The van der Waals surface area contributed by atoms with Crippen molar-refractivity contribution in [2.45, 2.75) is 69.1 Å². The maximum atomic E-state index is 13.3. The van der Waals surface area contributed by atoms with E-state index in [0.29, 0.717) is 25.0 Å². The molecule has 11 N–H and O–H groups in total. The van der Waals surface area contributed by atoms with Gasteiger partial charge in [-0.2, -0.15) is 11.8 Å². The van der Waals surface area contributed by atoms with Crippen LogP contribution >= 0.6 is 11.8 Å². The maximum Gasteiger partial charge on any atom is 0.326 e. The van der Waals surface area contributed by atoms with Crippen molar-refractivity contribution in [3.8, 4) is 0 Å². The second kappa shape index (κ2) is 15.8. The van der Waals surface area contributed by atoms with Crippen LogP contribution in [-0.4, -0.2) is 94.8 Å². The molecule has 0 saturated carbocycles. The Bertz CT molecular complexity index is 822. The van der Waals surface area contributed by atoms with Crippen LogP contribution in [0.15, 0.2) is 4.99 Å². The number of nitrogens with zero attached hydrogens (tertiary/aromatic N) is 2. The van der Waals surface area contributed by atoms with Gasteiger partial charge in [0.05, 0.1) is 6.04 Å². The first-order chi connectivity index (χ1) is 17.0. The number of thioether (sulfide) groups is 1. The summed E-state index contributed by atoms with van der Waals surface area (Å²) >= 11 is 1.45. The van der Waals surface area contributed by atoms with E-state index in [9.17, 15) is 29.1 Å². The molecule has 15 heteroatoms. The highest BCUT2D eigenvalue weighted by molar-refractivity contribution is 7.98. The van der Waals surface area contributed by atoms with Crippen molar-refractivity contribution in [1.29, 1.82) is 0 Å². The number of aliphatic imine (C=N–C) groups is 1. The molecule has 1 fully saturated rings. The molecule has 0 radical (unpaired) electrons. The maximum absolute atomic E-state index is 13.3. The molecule has 1 rings (SSSR count). The molecule has 0 spiro atoms. The fraction of sp³-hybridized carbons (Fsp3) is 0.714. The molecular formula is C21H38N8O6S. The largest absolute Gasteiger partial charge is 0.480 e. The monoisotopic (exact) mass is 530 g/mol. The predicted octanol–water partition coefficient (Wildman–Crippen LogP) is -2.57. The molecule has 1 saturated heterocycles. The Morgan fingerprint density at radius 3 is 2.36 bits per heavy atom.